The van der Waals surface area contributed by atoms with Crippen molar-refractivity contribution in [3.8, 4) is 0 Å². The van der Waals surface area contributed by atoms with Crippen LogP contribution in [0.4, 0.5) is 11.6 Å². The van der Waals surface area contributed by atoms with Gasteiger partial charge in [0.05, 0.1) is 11.7 Å². The molecule has 9 heteroatoms. The molecule has 3 aromatic heterocycles. The summed E-state index contributed by atoms with van der Waals surface area (Å²) in [4.78, 5) is 40.0. The van der Waals surface area contributed by atoms with Crippen LogP contribution in [0.25, 0.3) is 11.1 Å². The van der Waals surface area contributed by atoms with Crippen molar-refractivity contribution >= 4 is 28.6 Å². The molecule has 1 atom stereocenters. The molecule has 5 rings (SSSR count). The highest BCUT2D eigenvalue weighted by Crippen LogP contribution is 2.27. The Hall–Kier alpha value is -4.01. The molecule has 168 valence electrons. The van der Waals surface area contributed by atoms with Gasteiger partial charge in [-0.15, -0.1) is 0 Å². The molecule has 1 aromatic carbocycles. The van der Waals surface area contributed by atoms with Crippen LogP contribution in [-0.4, -0.2) is 43.4 Å². The minimum absolute atomic E-state index is 0.0331. The molecule has 1 aliphatic heterocycles. The number of rotatable bonds is 6. The summed E-state index contributed by atoms with van der Waals surface area (Å²) in [5.41, 5.74) is 2.19. The van der Waals surface area contributed by atoms with E-state index in [0.29, 0.717) is 42.4 Å². The number of para-hydroxylation sites is 2. The number of carbonyl (C=O) groups excluding carboxylic acids is 1. The van der Waals surface area contributed by atoms with E-state index in [0.717, 1.165) is 18.5 Å². The van der Waals surface area contributed by atoms with E-state index in [2.05, 4.69) is 15.3 Å². The molecule has 1 unspecified atom stereocenters. The number of piperidine rings is 1. The summed E-state index contributed by atoms with van der Waals surface area (Å²) < 4.78 is 6.79. The standard InChI is InChI=1S/C24H24N6O3/c31-23(10-14-30-19-7-1-2-8-20(19)33-24(30)32)29-13-4-5-17(16-29)18-6-3-9-21(27-18)28-22-15-25-11-12-26-22/h1-3,6-9,11-12,15,17H,4-5,10,13-14,16H2,(H,26,27,28). The maximum Gasteiger partial charge on any atom is 0.419 e. The van der Waals surface area contributed by atoms with Gasteiger partial charge in [-0.3, -0.25) is 14.3 Å². The van der Waals surface area contributed by atoms with Crippen molar-refractivity contribution in [1.29, 1.82) is 0 Å². The molecule has 0 radical (unpaired) electrons. The Bertz CT molecular complexity index is 1320. The zero-order valence-corrected chi connectivity index (χ0v) is 18.1. The van der Waals surface area contributed by atoms with Crippen molar-refractivity contribution in [1.82, 2.24) is 24.4 Å². The molecular weight excluding hydrogens is 420 g/mol. The van der Waals surface area contributed by atoms with Crippen molar-refractivity contribution in [2.45, 2.75) is 31.7 Å². The molecule has 4 aromatic rings. The van der Waals surface area contributed by atoms with Gasteiger partial charge in [-0.05, 0) is 37.1 Å². The van der Waals surface area contributed by atoms with Gasteiger partial charge in [0, 0.05) is 50.1 Å². The molecular formula is C24H24N6O3. The highest BCUT2D eigenvalue weighted by molar-refractivity contribution is 5.77. The van der Waals surface area contributed by atoms with Crippen LogP contribution in [0.5, 0.6) is 0 Å². The van der Waals surface area contributed by atoms with Crippen molar-refractivity contribution < 1.29 is 9.21 Å². The number of hydrogen-bond acceptors (Lipinski definition) is 7. The number of pyridine rings is 1. The number of hydrogen-bond donors (Lipinski definition) is 1. The van der Waals surface area contributed by atoms with E-state index >= 15 is 0 Å². The second-order valence-corrected chi connectivity index (χ2v) is 8.08. The van der Waals surface area contributed by atoms with E-state index < -0.39 is 5.76 Å². The molecule has 0 saturated carbocycles. The summed E-state index contributed by atoms with van der Waals surface area (Å²) in [6.07, 6.45) is 7.01. The maximum absolute atomic E-state index is 13.0. The minimum Gasteiger partial charge on any atom is -0.408 e. The molecule has 0 spiro atoms. The zero-order valence-electron chi connectivity index (χ0n) is 18.1. The van der Waals surface area contributed by atoms with Gasteiger partial charge in [0.25, 0.3) is 0 Å². The Morgan fingerprint density at radius 3 is 2.91 bits per heavy atom. The number of nitrogens with zero attached hydrogens (tertiary/aromatic N) is 5. The largest absolute Gasteiger partial charge is 0.419 e. The van der Waals surface area contributed by atoms with E-state index in [1.165, 1.54) is 4.57 Å². The molecule has 1 amide bonds. The lowest BCUT2D eigenvalue weighted by atomic mass is 9.94. The van der Waals surface area contributed by atoms with Gasteiger partial charge in [-0.2, -0.15) is 0 Å². The van der Waals surface area contributed by atoms with E-state index in [1.807, 2.05) is 41.3 Å². The summed E-state index contributed by atoms with van der Waals surface area (Å²) in [6, 6.07) is 13.1. The Kier molecular flexibility index (Phi) is 5.84. The number of benzene rings is 1. The Morgan fingerprint density at radius 1 is 1.12 bits per heavy atom. The minimum atomic E-state index is -0.433. The number of anilines is 2. The van der Waals surface area contributed by atoms with Crippen LogP contribution < -0.4 is 11.1 Å². The first-order valence-electron chi connectivity index (χ1n) is 11.0. The molecule has 9 nitrogen and oxygen atoms in total. The SMILES string of the molecule is O=C(CCn1c(=O)oc2ccccc21)N1CCCC(c2cccc(Nc3cnccn3)n2)C1. The summed E-state index contributed by atoms with van der Waals surface area (Å²) in [7, 11) is 0. The summed E-state index contributed by atoms with van der Waals surface area (Å²) in [5.74, 6) is 1.08. The molecule has 0 aliphatic carbocycles. The molecule has 1 N–H and O–H groups in total. The van der Waals surface area contributed by atoms with Crippen molar-refractivity contribution in [3.63, 3.8) is 0 Å². The van der Waals surface area contributed by atoms with Crippen LogP contribution in [0, 0.1) is 0 Å². The summed E-state index contributed by atoms with van der Waals surface area (Å²) in [6.45, 7) is 1.63. The van der Waals surface area contributed by atoms with E-state index in [9.17, 15) is 9.59 Å². The van der Waals surface area contributed by atoms with Gasteiger partial charge in [0.2, 0.25) is 5.91 Å². The normalized spacial score (nSPS) is 16.1. The fourth-order valence-corrected chi connectivity index (χ4v) is 4.28. The molecule has 1 saturated heterocycles. The number of aryl methyl sites for hydroxylation is 1. The number of oxazole rings is 1. The Balaban J connectivity index is 1.24. The first kappa shape index (κ1) is 20.9. The average molecular weight is 444 g/mol. The molecule has 33 heavy (non-hydrogen) atoms. The quantitative estimate of drug-likeness (QED) is 0.486. The summed E-state index contributed by atoms with van der Waals surface area (Å²) in [5, 5.41) is 3.17. The first-order valence-corrected chi connectivity index (χ1v) is 11.0. The fraction of sp³-hybridized carbons (Fsp3) is 0.292. The highest BCUT2D eigenvalue weighted by atomic mass is 16.4. The third kappa shape index (κ3) is 4.62. The Labute approximate surface area is 190 Å². The Morgan fingerprint density at radius 2 is 2.03 bits per heavy atom. The van der Waals surface area contributed by atoms with Crippen molar-refractivity contribution in [2.24, 2.45) is 0 Å². The number of amides is 1. The van der Waals surface area contributed by atoms with Crippen LogP contribution in [0.2, 0.25) is 0 Å². The van der Waals surface area contributed by atoms with Crippen LogP contribution in [0.3, 0.4) is 0 Å². The van der Waals surface area contributed by atoms with Gasteiger partial charge < -0.3 is 14.6 Å². The second-order valence-electron chi connectivity index (χ2n) is 8.08. The van der Waals surface area contributed by atoms with E-state index in [4.69, 9.17) is 9.40 Å². The number of fused-ring (bicyclic) bond motifs is 1. The third-order valence-electron chi connectivity index (χ3n) is 5.91. The van der Waals surface area contributed by atoms with Crippen LogP contribution in [0.15, 0.2) is 70.3 Å². The third-order valence-corrected chi connectivity index (χ3v) is 5.91. The first-order chi connectivity index (χ1) is 16.2. The van der Waals surface area contributed by atoms with Crippen molar-refractivity contribution in [2.75, 3.05) is 18.4 Å². The zero-order chi connectivity index (χ0) is 22.6. The highest BCUT2D eigenvalue weighted by Gasteiger charge is 2.26. The number of likely N-dealkylation sites (tertiary alicyclic amines) is 1. The van der Waals surface area contributed by atoms with Gasteiger partial charge in [0.15, 0.2) is 5.58 Å². The smallest absolute Gasteiger partial charge is 0.408 e. The monoisotopic (exact) mass is 444 g/mol. The van der Waals surface area contributed by atoms with E-state index in [-0.39, 0.29) is 18.2 Å². The lowest BCUT2D eigenvalue weighted by Gasteiger charge is -2.32. The van der Waals surface area contributed by atoms with Gasteiger partial charge >= 0.3 is 5.76 Å². The molecule has 1 aliphatic rings. The summed E-state index contributed by atoms with van der Waals surface area (Å²) >= 11 is 0. The second kappa shape index (κ2) is 9.23. The fourth-order valence-electron chi connectivity index (χ4n) is 4.28. The average Bonchev–Trinajstić information content (AvgIpc) is 3.18. The van der Waals surface area contributed by atoms with Gasteiger partial charge in [-0.1, -0.05) is 18.2 Å². The van der Waals surface area contributed by atoms with Gasteiger partial charge in [-0.25, -0.2) is 14.8 Å². The molecule has 4 heterocycles. The molecule has 0 bridgehead atoms. The van der Waals surface area contributed by atoms with Gasteiger partial charge in [0.1, 0.15) is 11.6 Å². The topological polar surface area (TPSA) is 106 Å². The van der Waals surface area contributed by atoms with Crippen LogP contribution >= 0.6 is 0 Å². The number of carbonyl (C=O) groups is 1. The molecule has 1 fully saturated rings. The predicted molar refractivity (Wildman–Crippen MR) is 123 cm³/mol. The van der Waals surface area contributed by atoms with E-state index in [1.54, 1.807) is 24.7 Å². The lowest BCUT2D eigenvalue weighted by Crippen LogP contribution is -2.39. The maximum atomic E-state index is 13.0. The van der Waals surface area contributed by atoms with Crippen molar-refractivity contribution in [3.05, 3.63) is 77.3 Å². The number of aromatic nitrogens is 4. The number of nitrogens with one attached hydrogen (secondary N) is 1. The predicted octanol–water partition coefficient (Wildman–Crippen LogP) is 3.32. The lowest BCUT2D eigenvalue weighted by molar-refractivity contribution is -0.132. The van der Waals surface area contributed by atoms with Crippen LogP contribution in [-0.2, 0) is 11.3 Å². The van der Waals surface area contributed by atoms with Crippen LogP contribution in [0.1, 0.15) is 30.9 Å².